The van der Waals surface area contributed by atoms with Crippen LogP contribution in [0.1, 0.15) is 11.5 Å². The monoisotopic (exact) mass is 200 g/mol. The molecule has 4 nitrogen and oxygen atoms in total. The van der Waals surface area contributed by atoms with Gasteiger partial charge in [-0.05, 0) is 26.0 Å². The van der Waals surface area contributed by atoms with Crippen LogP contribution in [-0.2, 0) is 0 Å². The van der Waals surface area contributed by atoms with Gasteiger partial charge in [0.25, 0.3) is 0 Å². The molecule has 4 heteroatoms. The second-order valence-corrected chi connectivity index (χ2v) is 3.39. The lowest BCUT2D eigenvalue weighted by molar-refractivity contribution is 1.01. The normalized spacial score (nSPS) is 10.3. The maximum atomic E-state index is 5.57. The number of aryl methyl sites for hydroxylation is 2. The largest absolute Gasteiger partial charge is 0.397 e. The molecule has 0 amide bonds. The SMILES string of the molecule is Cc1ncc(-c2ccc(N)cn2)c(C)n1. The zero-order valence-corrected chi connectivity index (χ0v) is 8.73. The molecule has 0 bridgehead atoms. The Labute approximate surface area is 88.2 Å². The molecule has 0 aliphatic rings. The van der Waals surface area contributed by atoms with Gasteiger partial charge >= 0.3 is 0 Å². The molecule has 0 saturated carbocycles. The third-order valence-electron chi connectivity index (χ3n) is 2.16. The molecule has 2 N–H and O–H groups in total. The van der Waals surface area contributed by atoms with Crippen LogP contribution in [-0.4, -0.2) is 15.0 Å². The second kappa shape index (κ2) is 3.65. The van der Waals surface area contributed by atoms with Gasteiger partial charge in [-0.2, -0.15) is 0 Å². The van der Waals surface area contributed by atoms with Crippen LogP contribution in [0.3, 0.4) is 0 Å². The van der Waals surface area contributed by atoms with Crippen LogP contribution in [0.4, 0.5) is 5.69 Å². The number of anilines is 1. The van der Waals surface area contributed by atoms with Gasteiger partial charge in [0.1, 0.15) is 5.82 Å². The topological polar surface area (TPSA) is 64.7 Å². The van der Waals surface area contributed by atoms with E-state index in [1.807, 2.05) is 26.0 Å². The molecule has 2 aromatic rings. The summed E-state index contributed by atoms with van der Waals surface area (Å²) in [5.74, 6) is 0.770. The van der Waals surface area contributed by atoms with Gasteiger partial charge in [-0.3, -0.25) is 4.98 Å². The zero-order valence-electron chi connectivity index (χ0n) is 8.73. The van der Waals surface area contributed by atoms with Crippen molar-refractivity contribution in [3.8, 4) is 11.3 Å². The van der Waals surface area contributed by atoms with Crippen LogP contribution < -0.4 is 5.73 Å². The van der Waals surface area contributed by atoms with Crippen molar-refractivity contribution in [1.29, 1.82) is 0 Å². The van der Waals surface area contributed by atoms with Gasteiger partial charge in [-0.15, -0.1) is 0 Å². The standard InChI is InChI=1S/C11H12N4/c1-7-10(6-13-8(2)15-7)11-4-3-9(12)5-14-11/h3-6H,12H2,1-2H3. The Kier molecular flexibility index (Phi) is 2.33. The number of aromatic nitrogens is 3. The van der Waals surface area contributed by atoms with E-state index in [4.69, 9.17) is 5.73 Å². The molecule has 0 aliphatic carbocycles. The molecule has 2 rings (SSSR count). The molecule has 0 atom stereocenters. The van der Waals surface area contributed by atoms with Crippen molar-refractivity contribution >= 4 is 5.69 Å². The lowest BCUT2D eigenvalue weighted by atomic mass is 10.1. The van der Waals surface area contributed by atoms with Crippen molar-refractivity contribution < 1.29 is 0 Å². The molecule has 0 aromatic carbocycles. The van der Waals surface area contributed by atoms with Crippen molar-refractivity contribution in [2.75, 3.05) is 5.73 Å². The maximum Gasteiger partial charge on any atom is 0.125 e. The summed E-state index contributed by atoms with van der Waals surface area (Å²) in [6.45, 7) is 3.81. The minimum absolute atomic E-state index is 0.657. The van der Waals surface area contributed by atoms with E-state index in [9.17, 15) is 0 Å². The molecule has 0 aliphatic heterocycles. The molecule has 0 saturated heterocycles. The first kappa shape index (κ1) is 9.58. The van der Waals surface area contributed by atoms with Crippen molar-refractivity contribution in [2.45, 2.75) is 13.8 Å². The van der Waals surface area contributed by atoms with Crippen molar-refractivity contribution in [1.82, 2.24) is 15.0 Å². The lowest BCUT2D eigenvalue weighted by Gasteiger charge is -2.04. The van der Waals surface area contributed by atoms with Crippen LogP contribution in [0, 0.1) is 13.8 Å². The third-order valence-corrected chi connectivity index (χ3v) is 2.16. The fourth-order valence-electron chi connectivity index (χ4n) is 1.40. The number of nitrogens with zero attached hydrogens (tertiary/aromatic N) is 3. The fourth-order valence-corrected chi connectivity index (χ4v) is 1.40. The zero-order chi connectivity index (χ0) is 10.8. The molecule has 76 valence electrons. The van der Waals surface area contributed by atoms with Crippen LogP contribution in [0.5, 0.6) is 0 Å². The van der Waals surface area contributed by atoms with Gasteiger partial charge in [0.15, 0.2) is 0 Å². The highest BCUT2D eigenvalue weighted by molar-refractivity contribution is 5.61. The van der Waals surface area contributed by atoms with Crippen LogP contribution in [0.15, 0.2) is 24.5 Å². The number of pyridine rings is 1. The Morgan fingerprint density at radius 2 is 1.87 bits per heavy atom. The van der Waals surface area contributed by atoms with E-state index >= 15 is 0 Å². The Morgan fingerprint density at radius 1 is 1.07 bits per heavy atom. The van der Waals surface area contributed by atoms with E-state index in [0.717, 1.165) is 22.8 Å². The first-order valence-corrected chi connectivity index (χ1v) is 4.69. The van der Waals surface area contributed by atoms with Gasteiger partial charge in [-0.25, -0.2) is 9.97 Å². The van der Waals surface area contributed by atoms with Gasteiger partial charge in [-0.1, -0.05) is 0 Å². The summed E-state index contributed by atoms with van der Waals surface area (Å²) >= 11 is 0. The van der Waals surface area contributed by atoms with Gasteiger partial charge < -0.3 is 5.73 Å². The van der Waals surface area contributed by atoms with E-state index in [-0.39, 0.29) is 0 Å². The highest BCUT2D eigenvalue weighted by Crippen LogP contribution is 2.19. The van der Waals surface area contributed by atoms with Gasteiger partial charge in [0.05, 0.1) is 23.3 Å². The van der Waals surface area contributed by atoms with E-state index < -0.39 is 0 Å². The van der Waals surface area contributed by atoms with Crippen LogP contribution in [0.25, 0.3) is 11.3 Å². The molecule has 15 heavy (non-hydrogen) atoms. The van der Waals surface area contributed by atoms with E-state index in [0.29, 0.717) is 5.69 Å². The summed E-state index contributed by atoms with van der Waals surface area (Å²) in [6.07, 6.45) is 3.42. The van der Waals surface area contributed by atoms with Crippen LogP contribution in [0.2, 0.25) is 0 Å². The van der Waals surface area contributed by atoms with E-state index in [1.165, 1.54) is 0 Å². The number of rotatable bonds is 1. The molecule has 0 spiro atoms. The number of hydrogen-bond acceptors (Lipinski definition) is 4. The van der Waals surface area contributed by atoms with Crippen molar-refractivity contribution in [3.63, 3.8) is 0 Å². The molecule has 2 heterocycles. The van der Waals surface area contributed by atoms with Crippen molar-refractivity contribution in [3.05, 3.63) is 36.0 Å². The first-order valence-electron chi connectivity index (χ1n) is 4.69. The maximum absolute atomic E-state index is 5.57. The Hall–Kier alpha value is -1.97. The summed E-state index contributed by atoms with van der Waals surface area (Å²) in [6, 6.07) is 3.69. The molecule has 0 radical (unpaired) electrons. The predicted molar refractivity (Wildman–Crippen MR) is 59.1 cm³/mol. The minimum atomic E-state index is 0.657. The van der Waals surface area contributed by atoms with Crippen LogP contribution >= 0.6 is 0 Å². The molecule has 0 fully saturated rings. The second-order valence-electron chi connectivity index (χ2n) is 3.39. The average molecular weight is 200 g/mol. The van der Waals surface area contributed by atoms with Crippen molar-refractivity contribution in [2.24, 2.45) is 0 Å². The molecular weight excluding hydrogens is 188 g/mol. The Morgan fingerprint density at radius 3 is 2.47 bits per heavy atom. The number of nitrogens with two attached hydrogens (primary N) is 1. The smallest absolute Gasteiger partial charge is 0.125 e. The lowest BCUT2D eigenvalue weighted by Crippen LogP contribution is -1.95. The fraction of sp³-hybridized carbons (Fsp3) is 0.182. The van der Waals surface area contributed by atoms with Gasteiger partial charge in [0.2, 0.25) is 0 Å². The quantitative estimate of drug-likeness (QED) is 0.761. The average Bonchev–Trinajstić information content (AvgIpc) is 2.20. The highest BCUT2D eigenvalue weighted by atomic mass is 14.9. The Balaban J connectivity index is 2.49. The first-order chi connectivity index (χ1) is 7.16. The summed E-state index contributed by atoms with van der Waals surface area (Å²) in [5, 5.41) is 0. The summed E-state index contributed by atoms with van der Waals surface area (Å²) in [4.78, 5) is 12.7. The molecule has 2 aromatic heterocycles. The minimum Gasteiger partial charge on any atom is -0.397 e. The predicted octanol–water partition coefficient (Wildman–Crippen LogP) is 1.74. The third kappa shape index (κ3) is 1.93. The molecular formula is C11H12N4. The Bertz CT molecular complexity index is 476. The van der Waals surface area contributed by atoms with E-state index in [1.54, 1.807) is 12.4 Å². The summed E-state index contributed by atoms with van der Waals surface area (Å²) in [5.41, 5.74) is 8.95. The van der Waals surface area contributed by atoms with Gasteiger partial charge in [0, 0.05) is 11.8 Å². The molecule has 0 unspecified atom stereocenters. The summed E-state index contributed by atoms with van der Waals surface area (Å²) in [7, 11) is 0. The number of hydrogen-bond donors (Lipinski definition) is 1. The summed E-state index contributed by atoms with van der Waals surface area (Å²) < 4.78 is 0. The highest BCUT2D eigenvalue weighted by Gasteiger charge is 2.04. The number of nitrogen functional groups attached to an aromatic ring is 1. The van der Waals surface area contributed by atoms with E-state index in [2.05, 4.69) is 15.0 Å².